The van der Waals surface area contributed by atoms with Crippen molar-refractivity contribution in [2.75, 3.05) is 0 Å². The number of nitrogens with zero attached hydrogens (tertiary/aromatic N) is 2. The smallest absolute Gasteiger partial charge is 0.210 e. The zero-order valence-corrected chi connectivity index (χ0v) is 18.2. The van der Waals surface area contributed by atoms with Gasteiger partial charge >= 0.3 is 0 Å². The zero-order valence-electron chi connectivity index (χ0n) is 16.6. The van der Waals surface area contributed by atoms with Crippen molar-refractivity contribution in [3.8, 4) is 11.4 Å². The Labute approximate surface area is 181 Å². The van der Waals surface area contributed by atoms with Gasteiger partial charge in [0.25, 0.3) is 0 Å². The fourth-order valence-electron chi connectivity index (χ4n) is 2.90. The fourth-order valence-corrected chi connectivity index (χ4v) is 5.35. The van der Waals surface area contributed by atoms with Crippen molar-refractivity contribution >= 4 is 21.6 Å². The molecule has 3 aromatic carbocycles. The lowest BCUT2D eigenvalue weighted by molar-refractivity contribution is 0.592. The van der Waals surface area contributed by atoms with E-state index in [4.69, 9.17) is 0 Å². The van der Waals surface area contributed by atoms with E-state index in [0.717, 1.165) is 21.6 Å². The van der Waals surface area contributed by atoms with Crippen LogP contribution in [0.15, 0.2) is 105 Å². The maximum absolute atomic E-state index is 13.4. The van der Waals surface area contributed by atoms with Crippen molar-refractivity contribution in [2.45, 2.75) is 33.6 Å². The van der Waals surface area contributed by atoms with Gasteiger partial charge in [-0.1, -0.05) is 77.5 Å². The van der Waals surface area contributed by atoms with Crippen LogP contribution in [0.5, 0.6) is 0 Å². The highest BCUT2D eigenvalue weighted by Crippen LogP contribution is 2.35. The molecule has 0 amide bonds. The molecule has 0 atom stereocenters. The van der Waals surface area contributed by atoms with Crippen LogP contribution in [0.1, 0.15) is 11.1 Å². The Hall–Kier alpha value is -2.96. The van der Waals surface area contributed by atoms with Crippen molar-refractivity contribution in [1.29, 1.82) is 0 Å². The summed E-state index contributed by atoms with van der Waals surface area (Å²) in [5.41, 5.74) is 2.97. The SMILES string of the molecule is Cc1ccc(Sc2nc(-c3ccccc3)ncc2S(=O)(=O)c2ccc(C)cc2)cc1. The summed E-state index contributed by atoms with van der Waals surface area (Å²) in [6.07, 6.45) is 1.42. The molecule has 0 aliphatic heterocycles. The highest BCUT2D eigenvalue weighted by atomic mass is 32.2. The first-order valence-corrected chi connectivity index (χ1v) is 11.7. The van der Waals surface area contributed by atoms with E-state index in [9.17, 15) is 8.42 Å². The van der Waals surface area contributed by atoms with E-state index in [1.165, 1.54) is 18.0 Å². The van der Waals surface area contributed by atoms with Crippen LogP contribution in [0.3, 0.4) is 0 Å². The van der Waals surface area contributed by atoms with Gasteiger partial charge in [-0.25, -0.2) is 18.4 Å². The third-order valence-corrected chi connectivity index (χ3v) is 7.52. The molecule has 1 aromatic heterocycles. The minimum atomic E-state index is -3.76. The molecule has 0 radical (unpaired) electrons. The van der Waals surface area contributed by atoms with E-state index in [-0.39, 0.29) is 9.79 Å². The summed E-state index contributed by atoms with van der Waals surface area (Å²) in [5, 5.41) is 0.410. The van der Waals surface area contributed by atoms with Gasteiger partial charge in [0.1, 0.15) is 9.92 Å². The van der Waals surface area contributed by atoms with E-state index >= 15 is 0 Å². The fraction of sp³-hybridized carbons (Fsp3) is 0.0833. The molecule has 4 rings (SSSR count). The molecule has 0 bridgehead atoms. The van der Waals surface area contributed by atoms with Crippen molar-refractivity contribution < 1.29 is 8.42 Å². The van der Waals surface area contributed by atoms with Gasteiger partial charge in [-0.2, -0.15) is 0 Å². The Morgan fingerprint density at radius 2 is 1.37 bits per heavy atom. The molecular weight excluding hydrogens is 412 g/mol. The summed E-state index contributed by atoms with van der Waals surface area (Å²) in [7, 11) is -3.76. The Morgan fingerprint density at radius 1 is 0.767 bits per heavy atom. The number of hydrogen-bond acceptors (Lipinski definition) is 5. The number of hydrogen-bond donors (Lipinski definition) is 0. The first kappa shape index (κ1) is 20.3. The van der Waals surface area contributed by atoms with E-state index in [2.05, 4.69) is 9.97 Å². The Kier molecular flexibility index (Phi) is 5.70. The minimum absolute atomic E-state index is 0.108. The second-order valence-corrected chi connectivity index (χ2v) is 9.94. The molecule has 0 unspecified atom stereocenters. The lowest BCUT2D eigenvalue weighted by Crippen LogP contribution is -2.07. The van der Waals surface area contributed by atoms with Crippen molar-refractivity contribution in [3.63, 3.8) is 0 Å². The van der Waals surface area contributed by atoms with Gasteiger partial charge in [-0.3, -0.25) is 0 Å². The quantitative estimate of drug-likeness (QED) is 0.376. The molecule has 0 saturated heterocycles. The Bertz CT molecular complexity index is 1270. The molecule has 150 valence electrons. The average Bonchev–Trinajstić information content (AvgIpc) is 2.76. The van der Waals surface area contributed by atoms with Crippen LogP contribution in [0.2, 0.25) is 0 Å². The predicted molar refractivity (Wildman–Crippen MR) is 119 cm³/mol. The second-order valence-electron chi connectivity index (χ2n) is 6.96. The molecule has 0 saturated carbocycles. The lowest BCUT2D eigenvalue weighted by Gasteiger charge is -2.11. The van der Waals surface area contributed by atoms with Gasteiger partial charge < -0.3 is 0 Å². The largest absolute Gasteiger partial charge is 0.235 e. The molecule has 1 heterocycles. The second kappa shape index (κ2) is 8.42. The van der Waals surface area contributed by atoms with E-state index in [1.807, 2.05) is 68.4 Å². The molecule has 30 heavy (non-hydrogen) atoms. The summed E-state index contributed by atoms with van der Waals surface area (Å²) >= 11 is 1.33. The number of aromatic nitrogens is 2. The average molecular weight is 433 g/mol. The van der Waals surface area contributed by atoms with E-state index in [1.54, 1.807) is 24.3 Å². The number of rotatable bonds is 5. The lowest BCUT2D eigenvalue weighted by atomic mass is 10.2. The van der Waals surface area contributed by atoms with Gasteiger partial charge in [0.05, 0.1) is 11.1 Å². The van der Waals surface area contributed by atoms with Gasteiger partial charge in [0.15, 0.2) is 5.82 Å². The summed E-state index contributed by atoms with van der Waals surface area (Å²) < 4.78 is 26.7. The van der Waals surface area contributed by atoms with Crippen molar-refractivity contribution in [1.82, 2.24) is 9.97 Å². The molecule has 4 nitrogen and oxygen atoms in total. The van der Waals surface area contributed by atoms with Crippen LogP contribution in [0, 0.1) is 13.8 Å². The zero-order chi connectivity index (χ0) is 21.1. The molecular formula is C24H20N2O2S2. The van der Waals surface area contributed by atoms with Gasteiger partial charge in [0, 0.05) is 10.5 Å². The van der Waals surface area contributed by atoms with E-state index in [0.29, 0.717) is 10.9 Å². The summed E-state index contributed by atoms with van der Waals surface area (Å²) in [5.74, 6) is 0.494. The first-order valence-electron chi connectivity index (χ1n) is 9.42. The molecule has 0 N–H and O–H groups in total. The highest BCUT2D eigenvalue weighted by molar-refractivity contribution is 8.00. The third-order valence-electron chi connectivity index (χ3n) is 4.61. The Morgan fingerprint density at radius 3 is 2.00 bits per heavy atom. The van der Waals surface area contributed by atoms with Crippen LogP contribution in [-0.2, 0) is 9.84 Å². The molecule has 4 aromatic rings. The van der Waals surface area contributed by atoms with Crippen LogP contribution in [0.4, 0.5) is 0 Å². The first-order chi connectivity index (χ1) is 14.4. The predicted octanol–water partition coefficient (Wildman–Crippen LogP) is 5.74. The normalized spacial score (nSPS) is 11.4. The number of sulfone groups is 1. The third kappa shape index (κ3) is 4.30. The summed E-state index contributed by atoms with van der Waals surface area (Å²) in [6, 6.07) is 24.3. The topological polar surface area (TPSA) is 59.9 Å². The maximum atomic E-state index is 13.4. The van der Waals surface area contributed by atoms with Crippen molar-refractivity contribution in [2.24, 2.45) is 0 Å². The monoisotopic (exact) mass is 432 g/mol. The number of aryl methyl sites for hydroxylation is 2. The molecule has 0 aliphatic rings. The van der Waals surface area contributed by atoms with Crippen LogP contribution >= 0.6 is 11.8 Å². The molecule has 0 fully saturated rings. The summed E-state index contributed by atoms with van der Waals surface area (Å²) in [6.45, 7) is 3.94. The number of benzene rings is 3. The van der Waals surface area contributed by atoms with Crippen LogP contribution in [0.25, 0.3) is 11.4 Å². The maximum Gasteiger partial charge on any atom is 0.210 e. The minimum Gasteiger partial charge on any atom is -0.235 e. The Balaban J connectivity index is 1.84. The van der Waals surface area contributed by atoms with E-state index < -0.39 is 9.84 Å². The highest BCUT2D eigenvalue weighted by Gasteiger charge is 2.24. The molecule has 0 aliphatic carbocycles. The van der Waals surface area contributed by atoms with Crippen molar-refractivity contribution in [3.05, 3.63) is 96.2 Å². The van der Waals surface area contributed by atoms with Gasteiger partial charge in [0.2, 0.25) is 9.84 Å². The summed E-state index contributed by atoms with van der Waals surface area (Å²) in [4.78, 5) is 10.3. The molecule has 6 heteroatoms. The van der Waals surface area contributed by atoms with Gasteiger partial charge in [-0.15, -0.1) is 0 Å². The standard InChI is InChI=1S/C24H20N2O2S2/c1-17-8-12-20(13-9-17)29-24-22(30(27,28)21-14-10-18(2)11-15-21)16-25-23(26-24)19-6-4-3-5-7-19/h3-16H,1-2H3. The molecule has 0 spiro atoms. The van der Waals surface area contributed by atoms with Crippen LogP contribution < -0.4 is 0 Å². The van der Waals surface area contributed by atoms with Crippen LogP contribution in [-0.4, -0.2) is 18.4 Å². The van der Waals surface area contributed by atoms with Gasteiger partial charge in [-0.05, 0) is 38.1 Å².